The van der Waals surface area contributed by atoms with Gasteiger partial charge < -0.3 is 10.4 Å². The first-order chi connectivity index (χ1) is 8.58. The molecule has 2 N–H and O–H groups in total. The Bertz CT molecular complexity index is 604. The van der Waals surface area contributed by atoms with Crippen LogP contribution in [0.15, 0.2) is 27.4 Å². The summed E-state index contributed by atoms with van der Waals surface area (Å²) in [5.74, 6) is -0.216. The number of halogens is 2. The van der Waals surface area contributed by atoms with Gasteiger partial charge in [-0.15, -0.1) is 0 Å². The van der Waals surface area contributed by atoms with Crippen molar-refractivity contribution in [2.75, 3.05) is 11.9 Å². The van der Waals surface area contributed by atoms with Crippen molar-refractivity contribution in [3.05, 3.63) is 27.4 Å². The number of hydrogen-bond acceptors (Lipinski definition) is 4. The number of carbonyl (C=O) groups is 1. The number of anilines is 1. The van der Waals surface area contributed by atoms with E-state index in [1.165, 1.54) is 6.33 Å². The molecule has 0 saturated heterocycles. The van der Waals surface area contributed by atoms with E-state index in [0.717, 1.165) is 19.8 Å². The van der Waals surface area contributed by atoms with Crippen LogP contribution in [0.3, 0.4) is 0 Å². The number of carboxylic acid groups (broad SMARTS) is 1. The van der Waals surface area contributed by atoms with Crippen LogP contribution in [0.1, 0.15) is 6.42 Å². The summed E-state index contributed by atoms with van der Waals surface area (Å²) in [7, 11) is 0. The highest BCUT2D eigenvalue weighted by molar-refractivity contribution is 9.11. The molecule has 0 radical (unpaired) electrons. The maximum Gasteiger partial charge on any atom is 0.305 e. The van der Waals surface area contributed by atoms with Gasteiger partial charge in [0.05, 0.1) is 11.9 Å². The second kappa shape index (κ2) is 5.62. The number of carboxylic acids is 1. The largest absolute Gasteiger partial charge is 0.481 e. The Hall–Kier alpha value is -1.21. The van der Waals surface area contributed by atoms with Crippen LogP contribution >= 0.6 is 31.9 Å². The summed E-state index contributed by atoms with van der Waals surface area (Å²) in [5, 5.41) is 12.4. The summed E-state index contributed by atoms with van der Waals surface area (Å²) in [6.45, 7) is 0.325. The van der Waals surface area contributed by atoms with E-state index in [9.17, 15) is 4.79 Å². The summed E-state index contributed by atoms with van der Waals surface area (Å²) in [6.07, 6.45) is 1.49. The van der Waals surface area contributed by atoms with E-state index in [1.54, 1.807) is 0 Å². The van der Waals surface area contributed by atoms with Crippen molar-refractivity contribution in [1.29, 1.82) is 0 Å². The third-order valence-electron chi connectivity index (χ3n) is 2.29. The zero-order valence-electron chi connectivity index (χ0n) is 9.15. The molecule has 5 nitrogen and oxygen atoms in total. The Morgan fingerprint density at radius 3 is 2.83 bits per heavy atom. The van der Waals surface area contributed by atoms with E-state index in [2.05, 4.69) is 47.1 Å². The first kappa shape index (κ1) is 13.2. The molecule has 0 unspecified atom stereocenters. The SMILES string of the molecule is O=C(O)CCNc1ncnc2c(Br)cc(Br)cc12. The smallest absolute Gasteiger partial charge is 0.305 e. The van der Waals surface area contributed by atoms with E-state index in [0.29, 0.717) is 12.4 Å². The van der Waals surface area contributed by atoms with Crippen LogP contribution in [-0.4, -0.2) is 27.6 Å². The summed E-state index contributed by atoms with van der Waals surface area (Å²) in [4.78, 5) is 18.8. The Morgan fingerprint density at radius 2 is 2.11 bits per heavy atom. The molecule has 0 aliphatic rings. The highest BCUT2D eigenvalue weighted by atomic mass is 79.9. The lowest BCUT2D eigenvalue weighted by molar-refractivity contribution is -0.136. The first-order valence-electron chi connectivity index (χ1n) is 5.13. The highest BCUT2D eigenvalue weighted by Crippen LogP contribution is 2.30. The van der Waals surface area contributed by atoms with E-state index in [1.807, 2.05) is 12.1 Å². The lowest BCUT2D eigenvalue weighted by atomic mass is 10.2. The van der Waals surface area contributed by atoms with Gasteiger partial charge in [0.1, 0.15) is 12.1 Å². The molecule has 2 rings (SSSR count). The van der Waals surface area contributed by atoms with Crippen molar-refractivity contribution in [3.8, 4) is 0 Å². The van der Waals surface area contributed by atoms with Gasteiger partial charge in [-0.3, -0.25) is 4.79 Å². The Morgan fingerprint density at radius 1 is 1.33 bits per heavy atom. The first-order valence-corrected chi connectivity index (χ1v) is 6.72. The van der Waals surface area contributed by atoms with Gasteiger partial charge >= 0.3 is 5.97 Å². The molecule has 0 spiro atoms. The second-order valence-electron chi connectivity index (χ2n) is 3.58. The number of nitrogens with one attached hydrogen (secondary N) is 1. The summed E-state index contributed by atoms with van der Waals surface area (Å²) in [5.41, 5.74) is 0.783. The van der Waals surface area contributed by atoms with Crippen molar-refractivity contribution in [2.24, 2.45) is 0 Å². The summed E-state index contributed by atoms with van der Waals surface area (Å²) in [6, 6.07) is 3.79. The van der Waals surface area contributed by atoms with Crippen LogP contribution in [0.25, 0.3) is 10.9 Å². The minimum absolute atomic E-state index is 0.0423. The van der Waals surface area contributed by atoms with Crippen molar-refractivity contribution >= 4 is 54.5 Å². The average molecular weight is 375 g/mol. The zero-order valence-corrected chi connectivity index (χ0v) is 12.3. The number of aliphatic carboxylic acids is 1. The molecular formula is C11H9Br2N3O2. The fourth-order valence-corrected chi connectivity index (χ4v) is 2.85. The van der Waals surface area contributed by atoms with E-state index >= 15 is 0 Å². The van der Waals surface area contributed by atoms with Crippen LogP contribution in [0.2, 0.25) is 0 Å². The van der Waals surface area contributed by atoms with Crippen molar-refractivity contribution < 1.29 is 9.90 Å². The molecule has 2 aromatic rings. The quantitative estimate of drug-likeness (QED) is 0.860. The molecule has 94 valence electrons. The van der Waals surface area contributed by atoms with Crippen molar-refractivity contribution in [3.63, 3.8) is 0 Å². The summed E-state index contributed by atoms with van der Waals surface area (Å²) >= 11 is 6.83. The average Bonchev–Trinajstić information content (AvgIpc) is 2.29. The van der Waals surface area contributed by atoms with E-state index in [-0.39, 0.29) is 6.42 Å². The fourth-order valence-electron chi connectivity index (χ4n) is 1.52. The molecule has 1 heterocycles. The van der Waals surface area contributed by atoms with Crippen LogP contribution in [0, 0.1) is 0 Å². The number of fused-ring (bicyclic) bond motifs is 1. The predicted molar refractivity (Wildman–Crippen MR) is 75.7 cm³/mol. The molecular weight excluding hydrogens is 366 g/mol. The maximum atomic E-state index is 10.5. The van der Waals surface area contributed by atoms with Crippen LogP contribution in [-0.2, 0) is 4.79 Å². The van der Waals surface area contributed by atoms with Crippen molar-refractivity contribution in [2.45, 2.75) is 6.42 Å². The normalized spacial score (nSPS) is 10.6. The lowest BCUT2D eigenvalue weighted by Gasteiger charge is -2.08. The zero-order chi connectivity index (χ0) is 13.1. The molecule has 0 aliphatic carbocycles. The molecule has 7 heteroatoms. The topological polar surface area (TPSA) is 75.1 Å². The predicted octanol–water partition coefficient (Wildman–Crippen LogP) is 3.04. The molecule has 0 bridgehead atoms. The van der Waals surface area contributed by atoms with Gasteiger partial charge in [-0.2, -0.15) is 0 Å². The van der Waals surface area contributed by atoms with Gasteiger partial charge in [0.15, 0.2) is 0 Å². The monoisotopic (exact) mass is 373 g/mol. The summed E-state index contributed by atoms with van der Waals surface area (Å²) < 4.78 is 1.76. The lowest BCUT2D eigenvalue weighted by Crippen LogP contribution is -2.09. The van der Waals surface area contributed by atoms with Crippen molar-refractivity contribution in [1.82, 2.24) is 9.97 Å². The molecule has 0 amide bonds. The molecule has 1 aromatic heterocycles. The minimum atomic E-state index is -0.844. The minimum Gasteiger partial charge on any atom is -0.481 e. The van der Waals surface area contributed by atoms with Gasteiger partial charge in [-0.05, 0) is 28.1 Å². The molecule has 18 heavy (non-hydrogen) atoms. The van der Waals surface area contributed by atoms with Crippen LogP contribution < -0.4 is 5.32 Å². The molecule has 0 saturated carbocycles. The van der Waals surface area contributed by atoms with E-state index < -0.39 is 5.97 Å². The van der Waals surface area contributed by atoms with Gasteiger partial charge in [0, 0.05) is 20.9 Å². The number of rotatable bonds is 4. The molecule has 0 fully saturated rings. The third-order valence-corrected chi connectivity index (χ3v) is 3.35. The Kier molecular flexibility index (Phi) is 4.13. The number of hydrogen-bond donors (Lipinski definition) is 2. The van der Waals surface area contributed by atoms with Crippen LogP contribution in [0.5, 0.6) is 0 Å². The number of benzene rings is 1. The van der Waals surface area contributed by atoms with Gasteiger partial charge in [-0.25, -0.2) is 9.97 Å². The molecule has 0 aliphatic heterocycles. The molecule has 0 atom stereocenters. The van der Waals surface area contributed by atoms with Gasteiger partial charge in [-0.1, -0.05) is 15.9 Å². The Balaban J connectivity index is 2.35. The van der Waals surface area contributed by atoms with Crippen LogP contribution in [0.4, 0.5) is 5.82 Å². The maximum absolute atomic E-state index is 10.5. The third kappa shape index (κ3) is 2.97. The standard InChI is InChI=1S/C11H9Br2N3O2/c12-6-3-7-10(8(13)4-6)15-5-16-11(7)14-2-1-9(17)18/h3-5H,1-2H2,(H,17,18)(H,14,15,16). The number of nitrogens with zero attached hydrogens (tertiary/aromatic N) is 2. The molecule has 1 aromatic carbocycles. The second-order valence-corrected chi connectivity index (χ2v) is 5.35. The highest BCUT2D eigenvalue weighted by Gasteiger charge is 2.08. The fraction of sp³-hybridized carbons (Fsp3) is 0.182. The number of aromatic nitrogens is 2. The van der Waals surface area contributed by atoms with Gasteiger partial charge in [0.2, 0.25) is 0 Å². The Labute approximate surface area is 120 Å². The van der Waals surface area contributed by atoms with E-state index in [4.69, 9.17) is 5.11 Å². The van der Waals surface area contributed by atoms with Gasteiger partial charge in [0.25, 0.3) is 0 Å².